The second kappa shape index (κ2) is 7.19. The van der Waals surface area contributed by atoms with Crippen LogP contribution in [0.3, 0.4) is 0 Å². The lowest BCUT2D eigenvalue weighted by molar-refractivity contribution is -0.113. The third-order valence-electron chi connectivity index (χ3n) is 5.03. The van der Waals surface area contributed by atoms with Crippen LogP contribution in [0.2, 0.25) is 0 Å². The first kappa shape index (κ1) is 18.6. The van der Waals surface area contributed by atoms with Gasteiger partial charge in [-0.25, -0.2) is 0 Å². The van der Waals surface area contributed by atoms with Gasteiger partial charge in [0.1, 0.15) is 0 Å². The van der Waals surface area contributed by atoms with Gasteiger partial charge in [0.05, 0.1) is 16.3 Å². The van der Waals surface area contributed by atoms with Gasteiger partial charge >= 0.3 is 0 Å². The highest BCUT2D eigenvalue weighted by molar-refractivity contribution is 7.90. The maximum Gasteiger partial charge on any atom is 0.282 e. The zero-order chi connectivity index (χ0) is 18.9. The summed E-state index contributed by atoms with van der Waals surface area (Å²) in [5.41, 5.74) is 3.07. The Morgan fingerprint density at radius 1 is 0.923 bits per heavy atom. The van der Waals surface area contributed by atoms with Crippen LogP contribution < -0.4 is 0 Å². The molecule has 0 radical (unpaired) electrons. The topological polar surface area (TPSA) is 66.8 Å². The number of carbonyl (C=O) groups excluding carboxylic acids is 1. The van der Waals surface area contributed by atoms with Gasteiger partial charge in [0.25, 0.3) is 10.0 Å². The largest absolute Gasteiger partial charge is 0.368 e. The molecule has 1 heterocycles. The van der Waals surface area contributed by atoms with E-state index in [-0.39, 0.29) is 10.7 Å². The number of sulfonamides is 1. The Bertz CT molecular complexity index is 916. The summed E-state index contributed by atoms with van der Waals surface area (Å²) in [6.45, 7) is 7.03. The molecule has 1 aliphatic carbocycles. The molecule has 2 aliphatic rings. The summed E-state index contributed by atoms with van der Waals surface area (Å²) in [6, 6.07) is 6.62. The SMILES string of the molecule is CC1=C(C)/C(=N/S(=O)(=O)c2ccc(C)cc2)C=C(N2CCCCC2)C1=O. The van der Waals surface area contributed by atoms with E-state index in [1.54, 1.807) is 44.2 Å². The van der Waals surface area contributed by atoms with E-state index in [0.717, 1.165) is 37.9 Å². The molecule has 6 heteroatoms. The van der Waals surface area contributed by atoms with E-state index in [2.05, 4.69) is 9.30 Å². The van der Waals surface area contributed by atoms with E-state index < -0.39 is 10.0 Å². The van der Waals surface area contributed by atoms with Crippen LogP contribution in [-0.4, -0.2) is 37.9 Å². The van der Waals surface area contributed by atoms with Crippen molar-refractivity contribution in [2.45, 2.75) is 44.9 Å². The second-order valence-electron chi connectivity index (χ2n) is 6.92. The van der Waals surface area contributed by atoms with Crippen LogP contribution in [0.1, 0.15) is 38.7 Å². The average molecular weight is 372 g/mol. The lowest BCUT2D eigenvalue weighted by atomic mass is 9.93. The lowest BCUT2D eigenvalue weighted by Crippen LogP contribution is -2.35. The summed E-state index contributed by atoms with van der Waals surface area (Å²) in [7, 11) is -3.83. The summed E-state index contributed by atoms with van der Waals surface area (Å²) < 4.78 is 29.4. The first-order valence-corrected chi connectivity index (χ1v) is 10.3. The standard InChI is InChI=1S/C20H24N2O3S/c1-14-7-9-17(10-8-14)26(24,25)21-18-13-19(20(23)16(3)15(18)2)22-11-5-4-6-12-22/h7-10,13H,4-6,11-12H2,1-3H3/b21-18+. The fourth-order valence-electron chi connectivity index (χ4n) is 3.21. The van der Waals surface area contributed by atoms with E-state index >= 15 is 0 Å². The van der Waals surface area contributed by atoms with E-state index in [9.17, 15) is 13.2 Å². The van der Waals surface area contributed by atoms with Gasteiger partial charge in [0.2, 0.25) is 5.78 Å². The number of allylic oxidation sites excluding steroid dienone is 3. The molecule has 1 aromatic carbocycles. The highest BCUT2D eigenvalue weighted by Gasteiger charge is 2.28. The van der Waals surface area contributed by atoms with E-state index in [1.165, 1.54) is 0 Å². The van der Waals surface area contributed by atoms with Gasteiger partial charge in [-0.2, -0.15) is 12.8 Å². The van der Waals surface area contributed by atoms with E-state index in [0.29, 0.717) is 22.6 Å². The minimum absolute atomic E-state index is 0.0314. The number of likely N-dealkylation sites (tertiary alicyclic amines) is 1. The van der Waals surface area contributed by atoms with Crippen LogP contribution in [0.25, 0.3) is 0 Å². The first-order chi connectivity index (χ1) is 12.3. The van der Waals surface area contributed by atoms with Crippen molar-refractivity contribution in [1.29, 1.82) is 0 Å². The van der Waals surface area contributed by atoms with Crippen molar-refractivity contribution in [3.8, 4) is 0 Å². The quantitative estimate of drug-likeness (QED) is 0.763. The highest BCUT2D eigenvalue weighted by atomic mass is 32.2. The molecule has 0 amide bonds. The summed E-state index contributed by atoms with van der Waals surface area (Å²) >= 11 is 0. The summed E-state index contributed by atoms with van der Waals surface area (Å²) in [5, 5.41) is 0. The zero-order valence-electron chi connectivity index (χ0n) is 15.4. The molecule has 0 spiro atoms. The number of benzene rings is 1. The maximum atomic E-state index is 12.7. The number of Topliss-reactive ketones (excluding diaryl/α,β-unsaturated/α-hetero) is 1. The number of hydrogen-bond acceptors (Lipinski definition) is 4. The zero-order valence-corrected chi connectivity index (χ0v) is 16.3. The van der Waals surface area contributed by atoms with Gasteiger partial charge in [0.15, 0.2) is 0 Å². The normalized spacial score (nSPS) is 20.6. The maximum absolute atomic E-state index is 12.7. The molecule has 1 fully saturated rings. The fourth-order valence-corrected chi connectivity index (χ4v) is 4.25. The Morgan fingerprint density at radius 3 is 2.15 bits per heavy atom. The Kier molecular flexibility index (Phi) is 5.14. The summed E-state index contributed by atoms with van der Waals surface area (Å²) in [5.74, 6) is -0.0314. The van der Waals surface area contributed by atoms with Crippen molar-refractivity contribution >= 4 is 21.5 Å². The number of ketones is 1. The van der Waals surface area contributed by atoms with E-state index in [1.807, 2.05) is 6.92 Å². The Morgan fingerprint density at radius 2 is 1.54 bits per heavy atom. The minimum Gasteiger partial charge on any atom is -0.368 e. The third-order valence-corrected chi connectivity index (χ3v) is 6.33. The molecule has 1 saturated heterocycles. The van der Waals surface area contributed by atoms with Gasteiger partial charge in [-0.05, 0) is 63.8 Å². The molecule has 0 atom stereocenters. The van der Waals surface area contributed by atoms with Crippen molar-refractivity contribution < 1.29 is 13.2 Å². The molecule has 0 bridgehead atoms. The van der Waals surface area contributed by atoms with Crippen LogP contribution in [0.5, 0.6) is 0 Å². The first-order valence-electron chi connectivity index (χ1n) is 8.90. The number of aryl methyl sites for hydroxylation is 1. The number of nitrogens with zero attached hydrogens (tertiary/aromatic N) is 2. The third kappa shape index (κ3) is 3.65. The predicted molar refractivity (Wildman–Crippen MR) is 103 cm³/mol. The molecule has 26 heavy (non-hydrogen) atoms. The Balaban J connectivity index is 2.03. The predicted octanol–water partition coefficient (Wildman–Crippen LogP) is 3.41. The molecule has 138 valence electrons. The Labute approximate surface area is 155 Å². The molecule has 3 rings (SSSR count). The molecule has 0 saturated carbocycles. The molecule has 1 aromatic rings. The molecule has 1 aliphatic heterocycles. The van der Waals surface area contributed by atoms with Crippen LogP contribution >= 0.6 is 0 Å². The van der Waals surface area contributed by atoms with Crippen LogP contribution in [-0.2, 0) is 14.8 Å². The van der Waals surface area contributed by atoms with Crippen molar-refractivity contribution in [3.05, 3.63) is 52.7 Å². The number of rotatable bonds is 3. The van der Waals surface area contributed by atoms with Gasteiger partial charge in [0, 0.05) is 18.7 Å². The highest BCUT2D eigenvalue weighted by Crippen LogP contribution is 2.26. The van der Waals surface area contributed by atoms with Gasteiger partial charge < -0.3 is 4.90 Å². The van der Waals surface area contributed by atoms with Gasteiger partial charge in [-0.15, -0.1) is 0 Å². The summed E-state index contributed by atoms with van der Waals surface area (Å²) in [4.78, 5) is 14.9. The fraction of sp³-hybridized carbons (Fsp3) is 0.400. The monoisotopic (exact) mass is 372 g/mol. The van der Waals surface area contributed by atoms with Crippen molar-refractivity contribution in [2.24, 2.45) is 4.40 Å². The van der Waals surface area contributed by atoms with Crippen LogP contribution in [0.4, 0.5) is 0 Å². The molecule has 5 nitrogen and oxygen atoms in total. The molecular formula is C20H24N2O3S. The van der Waals surface area contributed by atoms with Crippen molar-refractivity contribution in [3.63, 3.8) is 0 Å². The van der Waals surface area contributed by atoms with Gasteiger partial charge in [-0.1, -0.05) is 17.7 Å². The number of hydrogen-bond donors (Lipinski definition) is 0. The van der Waals surface area contributed by atoms with Crippen molar-refractivity contribution in [1.82, 2.24) is 4.90 Å². The smallest absolute Gasteiger partial charge is 0.282 e. The molecular weight excluding hydrogens is 348 g/mol. The molecule has 0 unspecified atom stereocenters. The molecule has 0 aromatic heterocycles. The number of carbonyl (C=O) groups is 1. The lowest BCUT2D eigenvalue weighted by Gasteiger charge is -2.32. The van der Waals surface area contributed by atoms with Crippen LogP contribution in [0, 0.1) is 6.92 Å². The minimum atomic E-state index is -3.83. The molecule has 0 N–H and O–H groups in total. The summed E-state index contributed by atoms with van der Waals surface area (Å²) in [6.07, 6.45) is 4.89. The Hall–Kier alpha value is -2.21. The van der Waals surface area contributed by atoms with Crippen LogP contribution in [0.15, 0.2) is 56.5 Å². The second-order valence-corrected chi connectivity index (χ2v) is 8.53. The van der Waals surface area contributed by atoms with Gasteiger partial charge in [-0.3, -0.25) is 4.79 Å². The number of piperidine rings is 1. The average Bonchev–Trinajstić information content (AvgIpc) is 2.63. The van der Waals surface area contributed by atoms with Crippen molar-refractivity contribution in [2.75, 3.05) is 13.1 Å². The van der Waals surface area contributed by atoms with E-state index in [4.69, 9.17) is 0 Å².